The Morgan fingerprint density at radius 3 is 2.95 bits per heavy atom. The third kappa shape index (κ3) is 4.51. The average molecular weight is 263 g/mol. The van der Waals surface area contributed by atoms with Crippen molar-refractivity contribution in [3.8, 4) is 5.75 Å². The Morgan fingerprint density at radius 2 is 2.16 bits per heavy atom. The second kappa shape index (κ2) is 7.51. The first-order valence-electron chi connectivity index (χ1n) is 7.39. The SMILES string of the molecule is CCOc1ccccc1CNCC1CCCC(O)C1. The lowest BCUT2D eigenvalue weighted by Crippen LogP contribution is -2.29. The maximum absolute atomic E-state index is 9.66. The van der Waals surface area contributed by atoms with Crippen molar-refractivity contribution in [1.82, 2.24) is 5.32 Å². The minimum atomic E-state index is -0.0868. The average Bonchev–Trinajstić information content (AvgIpc) is 2.41. The fourth-order valence-corrected chi connectivity index (χ4v) is 2.81. The normalized spacial score (nSPS) is 23.3. The van der Waals surface area contributed by atoms with Gasteiger partial charge in [-0.05, 0) is 44.7 Å². The summed E-state index contributed by atoms with van der Waals surface area (Å²) in [5.74, 6) is 1.59. The van der Waals surface area contributed by atoms with Crippen molar-refractivity contribution in [2.75, 3.05) is 13.2 Å². The van der Waals surface area contributed by atoms with Gasteiger partial charge in [0.15, 0.2) is 0 Å². The Kier molecular flexibility index (Phi) is 5.67. The van der Waals surface area contributed by atoms with E-state index in [1.807, 2.05) is 25.1 Å². The standard InChI is InChI=1S/C16H25NO2/c1-2-19-16-9-4-3-7-14(16)12-17-11-13-6-5-8-15(18)10-13/h3-4,7,9,13,15,17-18H,2,5-6,8,10-12H2,1H3. The molecule has 3 nitrogen and oxygen atoms in total. The Hall–Kier alpha value is -1.06. The number of aliphatic hydroxyl groups excluding tert-OH is 1. The van der Waals surface area contributed by atoms with Crippen LogP contribution in [0.1, 0.15) is 38.2 Å². The lowest BCUT2D eigenvalue weighted by Gasteiger charge is -2.26. The first kappa shape index (κ1) is 14.4. The summed E-state index contributed by atoms with van der Waals surface area (Å²) in [6.45, 7) is 4.53. The predicted octanol–water partition coefficient (Wildman–Crippen LogP) is 2.73. The van der Waals surface area contributed by atoms with Crippen molar-refractivity contribution in [3.63, 3.8) is 0 Å². The summed E-state index contributed by atoms with van der Waals surface area (Å²) in [6, 6.07) is 8.18. The van der Waals surface area contributed by atoms with Gasteiger partial charge in [0, 0.05) is 12.1 Å². The number of benzene rings is 1. The zero-order valence-corrected chi connectivity index (χ0v) is 11.8. The van der Waals surface area contributed by atoms with Crippen molar-refractivity contribution in [2.45, 2.75) is 45.3 Å². The lowest BCUT2D eigenvalue weighted by molar-refractivity contribution is 0.101. The molecule has 1 saturated carbocycles. The molecular weight excluding hydrogens is 238 g/mol. The molecule has 2 rings (SSSR count). The van der Waals surface area contributed by atoms with E-state index in [1.165, 1.54) is 12.0 Å². The molecule has 3 heteroatoms. The zero-order valence-electron chi connectivity index (χ0n) is 11.8. The third-order valence-corrected chi connectivity index (χ3v) is 3.78. The summed E-state index contributed by atoms with van der Waals surface area (Å²) >= 11 is 0. The monoisotopic (exact) mass is 263 g/mol. The number of hydrogen-bond donors (Lipinski definition) is 2. The van der Waals surface area contributed by atoms with Gasteiger partial charge in [0.05, 0.1) is 12.7 Å². The van der Waals surface area contributed by atoms with E-state index in [-0.39, 0.29) is 6.10 Å². The number of hydrogen-bond acceptors (Lipinski definition) is 3. The van der Waals surface area contributed by atoms with Gasteiger partial charge in [0.2, 0.25) is 0 Å². The Balaban J connectivity index is 1.78. The van der Waals surface area contributed by atoms with Crippen LogP contribution in [0.25, 0.3) is 0 Å². The summed E-state index contributed by atoms with van der Waals surface area (Å²) in [7, 11) is 0. The largest absolute Gasteiger partial charge is 0.494 e. The molecule has 1 aliphatic carbocycles. The summed E-state index contributed by atoms with van der Waals surface area (Å²) in [6.07, 6.45) is 4.22. The van der Waals surface area contributed by atoms with Crippen molar-refractivity contribution >= 4 is 0 Å². The fraction of sp³-hybridized carbons (Fsp3) is 0.625. The van der Waals surface area contributed by atoms with E-state index in [1.54, 1.807) is 0 Å². The molecule has 0 aliphatic heterocycles. The van der Waals surface area contributed by atoms with Gasteiger partial charge >= 0.3 is 0 Å². The molecule has 0 aromatic heterocycles. The molecule has 1 aliphatic rings. The highest BCUT2D eigenvalue weighted by Gasteiger charge is 2.19. The highest BCUT2D eigenvalue weighted by Crippen LogP contribution is 2.24. The smallest absolute Gasteiger partial charge is 0.123 e. The maximum Gasteiger partial charge on any atom is 0.123 e. The highest BCUT2D eigenvalue weighted by atomic mass is 16.5. The van der Waals surface area contributed by atoms with Crippen molar-refractivity contribution < 1.29 is 9.84 Å². The molecule has 1 aromatic carbocycles. The molecule has 0 spiro atoms. The van der Waals surface area contributed by atoms with Crippen molar-refractivity contribution in [3.05, 3.63) is 29.8 Å². The van der Waals surface area contributed by atoms with Crippen LogP contribution in [0.4, 0.5) is 0 Å². The van der Waals surface area contributed by atoms with Crippen molar-refractivity contribution in [1.29, 1.82) is 0 Å². The number of para-hydroxylation sites is 1. The molecular formula is C16H25NO2. The lowest BCUT2D eigenvalue weighted by atomic mass is 9.87. The molecule has 1 fully saturated rings. The van der Waals surface area contributed by atoms with Crippen LogP contribution < -0.4 is 10.1 Å². The molecule has 0 amide bonds. The third-order valence-electron chi connectivity index (χ3n) is 3.78. The van der Waals surface area contributed by atoms with Crippen LogP contribution in [0.5, 0.6) is 5.75 Å². The number of rotatable bonds is 6. The number of nitrogens with one attached hydrogen (secondary N) is 1. The predicted molar refractivity (Wildman–Crippen MR) is 77.3 cm³/mol. The first-order valence-corrected chi connectivity index (χ1v) is 7.39. The molecule has 0 heterocycles. The van der Waals surface area contributed by atoms with Crippen molar-refractivity contribution in [2.24, 2.45) is 5.92 Å². The van der Waals surface area contributed by atoms with E-state index in [0.29, 0.717) is 12.5 Å². The van der Waals surface area contributed by atoms with Crippen LogP contribution in [-0.4, -0.2) is 24.4 Å². The fourth-order valence-electron chi connectivity index (χ4n) is 2.81. The van der Waals surface area contributed by atoms with E-state index in [2.05, 4.69) is 11.4 Å². The molecule has 0 radical (unpaired) electrons. The molecule has 106 valence electrons. The Labute approximate surface area is 116 Å². The number of aliphatic hydroxyl groups is 1. The van der Waals surface area contributed by atoms with Crippen LogP contribution in [0, 0.1) is 5.92 Å². The molecule has 2 N–H and O–H groups in total. The van der Waals surface area contributed by atoms with Gasteiger partial charge in [-0.25, -0.2) is 0 Å². The van der Waals surface area contributed by atoms with E-state index >= 15 is 0 Å². The molecule has 0 saturated heterocycles. The van der Waals surface area contributed by atoms with Crippen LogP contribution in [-0.2, 0) is 6.54 Å². The summed E-state index contributed by atoms with van der Waals surface area (Å²) in [5.41, 5.74) is 1.21. The van der Waals surface area contributed by atoms with Crippen LogP contribution in [0.15, 0.2) is 24.3 Å². The van der Waals surface area contributed by atoms with Gasteiger partial charge in [0.25, 0.3) is 0 Å². The van der Waals surface area contributed by atoms with Gasteiger partial charge in [-0.15, -0.1) is 0 Å². The molecule has 1 aromatic rings. The minimum absolute atomic E-state index is 0.0868. The quantitative estimate of drug-likeness (QED) is 0.829. The summed E-state index contributed by atoms with van der Waals surface area (Å²) in [4.78, 5) is 0. The van der Waals surface area contributed by atoms with Crippen LogP contribution in [0.2, 0.25) is 0 Å². The summed E-state index contributed by atoms with van der Waals surface area (Å²) < 4.78 is 5.62. The van der Waals surface area contributed by atoms with E-state index in [9.17, 15) is 5.11 Å². The maximum atomic E-state index is 9.66. The first-order chi connectivity index (χ1) is 9.29. The van der Waals surface area contributed by atoms with Gasteiger partial charge < -0.3 is 15.2 Å². The van der Waals surface area contributed by atoms with Gasteiger partial charge in [-0.2, -0.15) is 0 Å². The van der Waals surface area contributed by atoms with E-state index < -0.39 is 0 Å². The van der Waals surface area contributed by atoms with Crippen LogP contribution >= 0.6 is 0 Å². The summed E-state index contributed by atoms with van der Waals surface area (Å²) in [5, 5.41) is 13.2. The molecule has 2 atom stereocenters. The number of ether oxygens (including phenoxy) is 1. The topological polar surface area (TPSA) is 41.5 Å². The second-order valence-electron chi connectivity index (χ2n) is 5.36. The van der Waals surface area contributed by atoms with Gasteiger partial charge in [-0.1, -0.05) is 24.6 Å². The van der Waals surface area contributed by atoms with Gasteiger partial charge in [-0.3, -0.25) is 0 Å². The van der Waals surface area contributed by atoms with Gasteiger partial charge in [0.1, 0.15) is 5.75 Å². The molecule has 2 unspecified atom stereocenters. The molecule has 19 heavy (non-hydrogen) atoms. The van der Waals surface area contributed by atoms with E-state index in [0.717, 1.165) is 38.1 Å². The second-order valence-corrected chi connectivity index (χ2v) is 5.36. The zero-order chi connectivity index (χ0) is 13.5. The van der Waals surface area contributed by atoms with E-state index in [4.69, 9.17) is 4.74 Å². The highest BCUT2D eigenvalue weighted by molar-refractivity contribution is 5.33. The molecule has 0 bridgehead atoms. The minimum Gasteiger partial charge on any atom is -0.494 e. The Bertz CT molecular complexity index is 381. The van der Waals surface area contributed by atoms with Crippen LogP contribution in [0.3, 0.4) is 0 Å². The Morgan fingerprint density at radius 1 is 1.32 bits per heavy atom.